The van der Waals surface area contributed by atoms with Gasteiger partial charge in [-0.1, -0.05) is 18.3 Å². The lowest BCUT2D eigenvalue weighted by molar-refractivity contribution is -0.137. The van der Waals surface area contributed by atoms with Crippen LogP contribution in [0.3, 0.4) is 0 Å². The summed E-state index contributed by atoms with van der Waals surface area (Å²) >= 11 is 0.308. The number of aromatic carboxylic acids is 1. The van der Waals surface area contributed by atoms with E-state index in [0.29, 0.717) is 17.8 Å². The lowest BCUT2D eigenvalue weighted by atomic mass is 10.1. The summed E-state index contributed by atoms with van der Waals surface area (Å²) in [6.45, 7) is 7.69. The van der Waals surface area contributed by atoms with Crippen molar-refractivity contribution in [3.05, 3.63) is 10.7 Å². The number of carbonyl (C=O) groups excluding carboxylic acids is 1. The summed E-state index contributed by atoms with van der Waals surface area (Å²) in [6.07, 6.45) is -4.66. The zero-order valence-corrected chi connectivity index (χ0v) is 16.3. The molecule has 0 spiro atoms. The van der Waals surface area contributed by atoms with Gasteiger partial charge in [0.2, 0.25) is 5.01 Å². The SMILES string of the molecule is CC[C@@H]1CN(c2sc(C(F)(F)F)nc2C(=O)O)CCN1C(=O)OC(C)(C)C. The number of amides is 1. The number of piperazine rings is 1. The third-order valence-electron chi connectivity index (χ3n) is 3.92. The Hall–Kier alpha value is -2.04. The molecule has 1 fully saturated rings. The van der Waals surface area contributed by atoms with Gasteiger partial charge >= 0.3 is 18.2 Å². The molecule has 2 heterocycles. The molecule has 1 saturated heterocycles. The van der Waals surface area contributed by atoms with Gasteiger partial charge in [-0.3, -0.25) is 0 Å². The molecule has 27 heavy (non-hydrogen) atoms. The molecule has 0 aliphatic carbocycles. The van der Waals surface area contributed by atoms with Gasteiger partial charge in [0, 0.05) is 19.6 Å². The molecule has 0 bridgehead atoms. The topological polar surface area (TPSA) is 83.0 Å². The van der Waals surface area contributed by atoms with Crippen LogP contribution < -0.4 is 4.90 Å². The van der Waals surface area contributed by atoms with E-state index in [0.717, 1.165) is 0 Å². The first-order valence-corrected chi connectivity index (χ1v) is 9.21. The normalized spacial score (nSPS) is 18.6. The van der Waals surface area contributed by atoms with E-state index in [4.69, 9.17) is 4.74 Å². The summed E-state index contributed by atoms with van der Waals surface area (Å²) in [5, 5.41) is 7.99. The molecule has 0 radical (unpaired) electrons. The van der Waals surface area contributed by atoms with Crippen molar-refractivity contribution in [3.8, 4) is 0 Å². The second-order valence-electron chi connectivity index (χ2n) is 7.16. The van der Waals surface area contributed by atoms with Gasteiger partial charge in [-0.05, 0) is 27.2 Å². The number of ether oxygens (including phenoxy) is 1. The van der Waals surface area contributed by atoms with Crippen LogP contribution in [0.4, 0.5) is 23.0 Å². The fourth-order valence-electron chi connectivity index (χ4n) is 2.74. The van der Waals surface area contributed by atoms with Crippen molar-refractivity contribution in [1.82, 2.24) is 9.88 Å². The molecule has 1 aliphatic heterocycles. The van der Waals surface area contributed by atoms with Crippen LogP contribution in [-0.2, 0) is 10.9 Å². The third-order valence-corrected chi connectivity index (χ3v) is 5.08. The number of aromatic nitrogens is 1. The Bertz CT molecular complexity index is 715. The van der Waals surface area contributed by atoms with Gasteiger partial charge in [0.05, 0.1) is 6.04 Å². The second-order valence-corrected chi connectivity index (χ2v) is 8.14. The molecule has 0 saturated carbocycles. The predicted octanol–water partition coefficient (Wildman–Crippen LogP) is 3.70. The van der Waals surface area contributed by atoms with E-state index in [-0.39, 0.29) is 30.7 Å². The van der Waals surface area contributed by atoms with Crippen LogP contribution >= 0.6 is 11.3 Å². The second kappa shape index (κ2) is 7.53. The van der Waals surface area contributed by atoms with Crippen LogP contribution in [0.25, 0.3) is 0 Å². The maximum absolute atomic E-state index is 12.9. The fourth-order valence-corrected chi connectivity index (χ4v) is 3.70. The Morgan fingerprint density at radius 2 is 1.93 bits per heavy atom. The summed E-state index contributed by atoms with van der Waals surface area (Å²) in [5.74, 6) is -1.51. The number of halogens is 3. The van der Waals surface area contributed by atoms with Crippen molar-refractivity contribution in [2.24, 2.45) is 0 Å². The van der Waals surface area contributed by atoms with E-state index in [1.807, 2.05) is 6.92 Å². The first-order valence-electron chi connectivity index (χ1n) is 8.39. The number of hydrogen-bond donors (Lipinski definition) is 1. The van der Waals surface area contributed by atoms with Crippen molar-refractivity contribution in [2.45, 2.75) is 51.9 Å². The maximum Gasteiger partial charge on any atom is 0.443 e. The summed E-state index contributed by atoms with van der Waals surface area (Å²) in [5.41, 5.74) is -1.28. The Labute approximate surface area is 158 Å². The van der Waals surface area contributed by atoms with Crippen molar-refractivity contribution in [3.63, 3.8) is 0 Å². The highest BCUT2D eigenvalue weighted by Crippen LogP contribution is 2.39. The van der Waals surface area contributed by atoms with Crippen LogP contribution in [0.15, 0.2) is 0 Å². The Kier molecular flexibility index (Phi) is 5.93. The largest absolute Gasteiger partial charge is 0.476 e. The Morgan fingerprint density at radius 3 is 2.41 bits per heavy atom. The number of rotatable bonds is 3. The number of anilines is 1. The maximum atomic E-state index is 12.9. The molecule has 7 nitrogen and oxygen atoms in total. The van der Waals surface area contributed by atoms with Crippen molar-refractivity contribution in [1.29, 1.82) is 0 Å². The highest BCUT2D eigenvalue weighted by molar-refractivity contribution is 7.16. The minimum atomic E-state index is -4.71. The number of carbonyl (C=O) groups is 2. The van der Waals surface area contributed by atoms with Gasteiger partial charge in [0.25, 0.3) is 0 Å². The molecular weight excluding hydrogens is 387 g/mol. The zero-order valence-electron chi connectivity index (χ0n) is 15.5. The smallest absolute Gasteiger partial charge is 0.443 e. The summed E-state index contributed by atoms with van der Waals surface area (Å²) in [4.78, 5) is 30.1. The molecule has 11 heteroatoms. The molecule has 1 aliphatic rings. The number of carboxylic acid groups (broad SMARTS) is 1. The first kappa shape index (κ1) is 21.3. The molecule has 2 rings (SSSR count). The molecule has 1 aromatic heterocycles. The molecular formula is C16H22F3N3O4S. The quantitative estimate of drug-likeness (QED) is 0.820. The minimum Gasteiger partial charge on any atom is -0.476 e. The van der Waals surface area contributed by atoms with Gasteiger partial charge in [-0.15, -0.1) is 0 Å². The molecule has 0 aromatic carbocycles. The number of nitrogens with zero attached hydrogens (tertiary/aromatic N) is 3. The van der Waals surface area contributed by atoms with E-state index in [1.54, 1.807) is 25.7 Å². The summed E-state index contributed by atoms with van der Waals surface area (Å²) in [6, 6.07) is -0.313. The van der Waals surface area contributed by atoms with E-state index in [2.05, 4.69) is 4.98 Å². The molecule has 0 unspecified atom stereocenters. The lowest BCUT2D eigenvalue weighted by Gasteiger charge is -2.41. The Balaban J connectivity index is 2.25. The van der Waals surface area contributed by atoms with Gasteiger partial charge < -0.3 is 19.6 Å². The van der Waals surface area contributed by atoms with Crippen LogP contribution in [0.1, 0.15) is 49.6 Å². The minimum absolute atomic E-state index is 0.0443. The molecule has 152 valence electrons. The van der Waals surface area contributed by atoms with Crippen LogP contribution in [0.5, 0.6) is 0 Å². The molecule has 1 atom stereocenters. The predicted molar refractivity (Wildman–Crippen MR) is 93.3 cm³/mol. The first-order chi connectivity index (χ1) is 12.3. The van der Waals surface area contributed by atoms with Crippen molar-refractivity contribution >= 4 is 28.4 Å². The molecule has 1 aromatic rings. The standard InChI is InChI=1S/C16H22F3N3O4S/c1-5-9-8-21(6-7-22(9)14(25)26-15(2,3)4)11-10(12(23)24)20-13(27-11)16(17,18)19/h9H,5-8H2,1-4H3,(H,23,24)/t9-/m1/s1. The van der Waals surface area contributed by atoms with Gasteiger partial charge in [-0.25, -0.2) is 14.6 Å². The van der Waals surface area contributed by atoms with E-state index in [1.165, 1.54) is 4.90 Å². The number of carboxylic acids is 1. The number of alkyl halides is 3. The zero-order chi connectivity index (χ0) is 20.6. The van der Waals surface area contributed by atoms with Crippen molar-refractivity contribution in [2.75, 3.05) is 24.5 Å². The molecule has 1 amide bonds. The number of thiazole rings is 1. The van der Waals surface area contributed by atoms with Gasteiger partial charge in [0.1, 0.15) is 10.6 Å². The van der Waals surface area contributed by atoms with Crippen LogP contribution in [0, 0.1) is 0 Å². The average Bonchev–Trinajstić information content (AvgIpc) is 2.98. The van der Waals surface area contributed by atoms with Crippen LogP contribution in [-0.4, -0.2) is 58.3 Å². The highest BCUT2D eigenvalue weighted by Gasteiger charge is 2.40. The average molecular weight is 409 g/mol. The monoisotopic (exact) mass is 409 g/mol. The lowest BCUT2D eigenvalue weighted by Crippen LogP contribution is -2.56. The number of hydrogen-bond acceptors (Lipinski definition) is 6. The summed E-state index contributed by atoms with van der Waals surface area (Å²) in [7, 11) is 0. The summed E-state index contributed by atoms with van der Waals surface area (Å²) < 4.78 is 44.2. The van der Waals surface area contributed by atoms with Gasteiger partial charge in [-0.2, -0.15) is 13.2 Å². The van der Waals surface area contributed by atoms with E-state index < -0.39 is 34.5 Å². The molecule has 1 N–H and O–H groups in total. The third kappa shape index (κ3) is 5.02. The highest BCUT2D eigenvalue weighted by atomic mass is 32.1. The van der Waals surface area contributed by atoms with Crippen molar-refractivity contribution < 1.29 is 32.6 Å². The van der Waals surface area contributed by atoms with E-state index >= 15 is 0 Å². The Morgan fingerprint density at radius 1 is 1.30 bits per heavy atom. The van der Waals surface area contributed by atoms with Gasteiger partial charge in [0.15, 0.2) is 5.69 Å². The van der Waals surface area contributed by atoms with E-state index in [9.17, 15) is 27.9 Å². The fraction of sp³-hybridized carbons (Fsp3) is 0.688. The van der Waals surface area contributed by atoms with Crippen LogP contribution in [0.2, 0.25) is 0 Å².